The summed E-state index contributed by atoms with van der Waals surface area (Å²) in [4.78, 5) is 12.3. The van der Waals surface area contributed by atoms with Gasteiger partial charge in [-0.15, -0.1) is 0 Å². The Morgan fingerprint density at radius 3 is 2.48 bits per heavy atom. The van der Waals surface area contributed by atoms with E-state index in [4.69, 9.17) is 18.0 Å². The van der Waals surface area contributed by atoms with Crippen molar-refractivity contribution in [3.63, 3.8) is 0 Å². The number of amides is 1. The van der Waals surface area contributed by atoms with E-state index in [0.717, 1.165) is 0 Å². The van der Waals surface area contributed by atoms with Crippen LogP contribution in [-0.4, -0.2) is 10.9 Å². The third kappa shape index (κ3) is 3.87. The molecule has 1 amide bonds. The van der Waals surface area contributed by atoms with Gasteiger partial charge in [-0.05, 0) is 52.3 Å². The number of rotatable bonds is 3. The molecule has 108 valence electrons. The summed E-state index contributed by atoms with van der Waals surface area (Å²) in [5.41, 5.74) is 6.66. The summed E-state index contributed by atoms with van der Waals surface area (Å²) < 4.78 is 14.9. The third-order valence-corrected chi connectivity index (χ3v) is 4.06. The van der Waals surface area contributed by atoms with Crippen molar-refractivity contribution >= 4 is 60.7 Å². The van der Waals surface area contributed by atoms with Gasteiger partial charge in [-0.25, -0.2) is 4.39 Å². The lowest BCUT2D eigenvalue weighted by molar-refractivity contribution is 0.102. The van der Waals surface area contributed by atoms with Crippen LogP contribution in [0.15, 0.2) is 45.3 Å². The number of hydrogen-bond acceptors (Lipinski definition) is 2. The molecule has 2 aromatic carbocycles. The molecule has 0 aromatic heterocycles. The van der Waals surface area contributed by atoms with Crippen molar-refractivity contribution < 1.29 is 9.18 Å². The Hall–Kier alpha value is -1.31. The van der Waals surface area contributed by atoms with Crippen LogP contribution in [0.1, 0.15) is 15.9 Å². The Morgan fingerprint density at radius 2 is 1.90 bits per heavy atom. The van der Waals surface area contributed by atoms with Crippen LogP contribution in [0.25, 0.3) is 0 Å². The molecule has 3 N–H and O–H groups in total. The standard InChI is InChI=1S/C14H9Br2FN2OS/c15-8-2-3-9(11(17)6-8)14(20)19-12-4-1-7(13(18)21)5-10(12)16/h1-6H,(H2,18,21)(H,19,20). The fraction of sp³-hybridized carbons (Fsp3) is 0. The summed E-state index contributed by atoms with van der Waals surface area (Å²) in [5, 5.41) is 2.63. The molecule has 0 aliphatic heterocycles. The van der Waals surface area contributed by atoms with Gasteiger partial charge in [-0.2, -0.15) is 0 Å². The van der Waals surface area contributed by atoms with Gasteiger partial charge in [0, 0.05) is 14.5 Å². The molecule has 0 unspecified atom stereocenters. The Bertz CT molecular complexity index is 737. The van der Waals surface area contributed by atoms with Crippen LogP contribution in [-0.2, 0) is 0 Å². The minimum absolute atomic E-state index is 0.0384. The van der Waals surface area contributed by atoms with Gasteiger partial charge in [-0.3, -0.25) is 4.79 Å². The van der Waals surface area contributed by atoms with E-state index >= 15 is 0 Å². The number of thiocarbonyl (C=S) groups is 1. The van der Waals surface area contributed by atoms with Crippen molar-refractivity contribution in [2.45, 2.75) is 0 Å². The van der Waals surface area contributed by atoms with Crippen LogP contribution in [0.4, 0.5) is 10.1 Å². The molecule has 0 saturated carbocycles. The first-order valence-corrected chi connectivity index (χ1v) is 7.73. The maximum Gasteiger partial charge on any atom is 0.258 e. The molecule has 0 fully saturated rings. The van der Waals surface area contributed by atoms with Crippen LogP contribution in [0, 0.1) is 5.82 Å². The molecule has 0 aliphatic carbocycles. The highest BCUT2D eigenvalue weighted by atomic mass is 79.9. The highest BCUT2D eigenvalue weighted by Gasteiger charge is 2.13. The largest absolute Gasteiger partial charge is 0.389 e. The summed E-state index contributed by atoms with van der Waals surface area (Å²) >= 11 is 11.3. The van der Waals surface area contributed by atoms with Gasteiger partial charge in [0.2, 0.25) is 0 Å². The van der Waals surface area contributed by atoms with Gasteiger partial charge in [0.1, 0.15) is 10.8 Å². The first-order chi connectivity index (χ1) is 9.88. The lowest BCUT2D eigenvalue weighted by Crippen LogP contribution is -2.15. The molecule has 3 nitrogen and oxygen atoms in total. The molecule has 0 atom stereocenters. The number of benzene rings is 2. The number of carbonyl (C=O) groups is 1. The Morgan fingerprint density at radius 1 is 1.19 bits per heavy atom. The maximum absolute atomic E-state index is 13.7. The van der Waals surface area contributed by atoms with Crippen molar-refractivity contribution in [2.75, 3.05) is 5.32 Å². The van der Waals surface area contributed by atoms with E-state index in [9.17, 15) is 9.18 Å². The normalized spacial score (nSPS) is 10.2. The van der Waals surface area contributed by atoms with Crippen LogP contribution < -0.4 is 11.1 Å². The fourth-order valence-corrected chi connectivity index (χ4v) is 2.57. The number of nitrogens with one attached hydrogen (secondary N) is 1. The average Bonchev–Trinajstić information content (AvgIpc) is 2.40. The first-order valence-electron chi connectivity index (χ1n) is 5.74. The number of carbonyl (C=O) groups excluding carboxylic acids is 1. The quantitative estimate of drug-likeness (QED) is 0.714. The van der Waals surface area contributed by atoms with Crippen LogP contribution in [0.3, 0.4) is 0 Å². The maximum atomic E-state index is 13.7. The molecular weight excluding hydrogens is 423 g/mol. The predicted molar refractivity (Wildman–Crippen MR) is 92.1 cm³/mol. The zero-order valence-electron chi connectivity index (χ0n) is 10.5. The van der Waals surface area contributed by atoms with E-state index in [2.05, 4.69) is 37.2 Å². The lowest BCUT2D eigenvalue weighted by Gasteiger charge is -2.09. The minimum Gasteiger partial charge on any atom is -0.389 e. The number of anilines is 1. The molecular formula is C14H9Br2FN2OS. The predicted octanol–water partition coefficient (Wildman–Crippen LogP) is 4.24. The monoisotopic (exact) mass is 430 g/mol. The Balaban J connectivity index is 2.25. The summed E-state index contributed by atoms with van der Waals surface area (Å²) in [7, 11) is 0. The van der Waals surface area contributed by atoms with Crippen LogP contribution in [0.5, 0.6) is 0 Å². The fourth-order valence-electron chi connectivity index (χ4n) is 1.63. The molecule has 0 bridgehead atoms. The molecule has 0 radical (unpaired) electrons. The van der Waals surface area contributed by atoms with E-state index in [1.54, 1.807) is 24.3 Å². The van der Waals surface area contributed by atoms with Crippen LogP contribution in [0.2, 0.25) is 0 Å². The molecule has 0 saturated heterocycles. The van der Waals surface area contributed by atoms with Gasteiger partial charge in [0.15, 0.2) is 0 Å². The molecule has 0 spiro atoms. The SMILES string of the molecule is NC(=S)c1ccc(NC(=O)c2ccc(Br)cc2F)c(Br)c1. The second-order valence-electron chi connectivity index (χ2n) is 4.14. The van der Waals surface area contributed by atoms with Crippen molar-refractivity contribution in [1.82, 2.24) is 0 Å². The summed E-state index contributed by atoms with van der Waals surface area (Å²) in [5.74, 6) is -1.14. The van der Waals surface area contributed by atoms with E-state index in [1.807, 2.05) is 0 Å². The summed E-state index contributed by atoms with van der Waals surface area (Å²) in [6.07, 6.45) is 0. The van der Waals surface area contributed by atoms with Gasteiger partial charge in [0.25, 0.3) is 5.91 Å². The van der Waals surface area contributed by atoms with Crippen molar-refractivity contribution in [3.05, 3.63) is 62.3 Å². The van der Waals surface area contributed by atoms with Crippen molar-refractivity contribution in [3.8, 4) is 0 Å². The number of hydrogen-bond donors (Lipinski definition) is 2. The zero-order valence-corrected chi connectivity index (χ0v) is 14.5. The third-order valence-electron chi connectivity index (χ3n) is 2.68. The van der Waals surface area contributed by atoms with Gasteiger partial charge in [-0.1, -0.05) is 28.1 Å². The van der Waals surface area contributed by atoms with Gasteiger partial charge >= 0.3 is 0 Å². The number of halogens is 3. The minimum atomic E-state index is -0.599. The second-order valence-corrected chi connectivity index (χ2v) is 6.35. The average molecular weight is 432 g/mol. The highest BCUT2D eigenvalue weighted by molar-refractivity contribution is 9.10. The van der Waals surface area contributed by atoms with Gasteiger partial charge in [0.05, 0.1) is 11.3 Å². The molecule has 0 heterocycles. The second kappa shape index (κ2) is 6.64. The first kappa shape index (κ1) is 16.1. The lowest BCUT2D eigenvalue weighted by atomic mass is 10.1. The van der Waals surface area contributed by atoms with E-state index < -0.39 is 11.7 Å². The van der Waals surface area contributed by atoms with E-state index in [-0.39, 0.29) is 10.6 Å². The van der Waals surface area contributed by atoms with Crippen molar-refractivity contribution in [1.29, 1.82) is 0 Å². The smallest absolute Gasteiger partial charge is 0.258 e. The molecule has 2 aromatic rings. The highest BCUT2D eigenvalue weighted by Crippen LogP contribution is 2.25. The topological polar surface area (TPSA) is 55.1 Å². The van der Waals surface area contributed by atoms with Crippen molar-refractivity contribution in [2.24, 2.45) is 5.73 Å². The van der Waals surface area contributed by atoms with Crippen LogP contribution >= 0.6 is 44.1 Å². The van der Waals surface area contributed by atoms with E-state index in [1.165, 1.54) is 12.1 Å². The van der Waals surface area contributed by atoms with Gasteiger partial charge < -0.3 is 11.1 Å². The number of nitrogens with two attached hydrogens (primary N) is 1. The molecule has 2 rings (SSSR count). The Labute approximate surface area is 143 Å². The molecule has 0 aliphatic rings. The van der Waals surface area contributed by atoms with E-state index in [0.29, 0.717) is 20.2 Å². The summed E-state index contributed by atoms with van der Waals surface area (Å²) in [6, 6.07) is 9.26. The zero-order chi connectivity index (χ0) is 15.6. The molecule has 21 heavy (non-hydrogen) atoms. The molecule has 7 heteroatoms. The Kier molecular flexibility index (Phi) is 5.08. The summed E-state index contributed by atoms with van der Waals surface area (Å²) in [6.45, 7) is 0.